The molecule has 0 heterocycles. The Morgan fingerprint density at radius 1 is 1.50 bits per heavy atom. The molecule has 0 aromatic heterocycles. The fourth-order valence-electron chi connectivity index (χ4n) is 1.69. The van der Waals surface area contributed by atoms with E-state index in [2.05, 4.69) is 11.4 Å². The topological polar surface area (TPSA) is 56.0 Å². The minimum Gasteiger partial charge on any atom is -0.393 e. The molecule has 0 radical (unpaired) electrons. The highest BCUT2D eigenvalue weighted by atomic mass is 16.3. The summed E-state index contributed by atoms with van der Waals surface area (Å²) in [5.41, 5.74) is 0. The molecule has 2 N–H and O–H groups in total. The Bertz CT molecular complexity index is 164. The second-order valence-electron chi connectivity index (χ2n) is 3.37. The molecule has 3 nitrogen and oxygen atoms in total. The number of nitrogens with zero attached hydrogens (tertiary/aromatic N) is 1. The van der Waals surface area contributed by atoms with Crippen LogP contribution in [0, 0.1) is 17.2 Å². The van der Waals surface area contributed by atoms with Gasteiger partial charge < -0.3 is 10.4 Å². The first kappa shape index (κ1) is 9.50. The first-order valence-electron chi connectivity index (χ1n) is 4.60. The number of aliphatic hydroxyl groups is 1. The van der Waals surface area contributed by atoms with E-state index in [-0.39, 0.29) is 6.10 Å². The van der Waals surface area contributed by atoms with Crippen LogP contribution in [0.25, 0.3) is 0 Å². The van der Waals surface area contributed by atoms with Gasteiger partial charge in [-0.3, -0.25) is 0 Å². The van der Waals surface area contributed by atoms with Crippen LogP contribution in [0.4, 0.5) is 0 Å². The summed E-state index contributed by atoms with van der Waals surface area (Å²) in [5.74, 6) is 0.420. The van der Waals surface area contributed by atoms with E-state index in [0.29, 0.717) is 12.3 Å². The molecule has 1 fully saturated rings. The normalized spacial score (nSPS) is 28.7. The fourth-order valence-corrected chi connectivity index (χ4v) is 1.69. The number of nitriles is 1. The lowest BCUT2D eigenvalue weighted by Gasteiger charge is -2.13. The largest absolute Gasteiger partial charge is 0.393 e. The van der Waals surface area contributed by atoms with Crippen LogP contribution in [0.3, 0.4) is 0 Å². The first-order chi connectivity index (χ1) is 5.84. The zero-order chi connectivity index (χ0) is 8.81. The average Bonchev–Trinajstić information content (AvgIpc) is 2.46. The van der Waals surface area contributed by atoms with E-state index in [0.717, 1.165) is 32.4 Å². The zero-order valence-electron chi connectivity index (χ0n) is 7.29. The third kappa shape index (κ3) is 2.80. The Hall–Kier alpha value is -0.590. The van der Waals surface area contributed by atoms with Gasteiger partial charge in [-0.1, -0.05) is 6.42 Å². The van der Waals surface area contributed by atoms with Crippen LogP contribution in [0.15, 0.2) is 0 Å². The van der Waals surface area contributed by atoms with Crippen LogP contribution in [-0.2, 0) is 0 Å². The minimum atomic E-state index is -0.111. The molecule has 68 valence electrons. The fraction of sp³-hybridized carbons (Fsp3) is 0.889. The van der Waals surface area contributed by atoms with E-state index >= 15 is 0 Å². The maximum Gasteiger partial charge on any atom is 0.0635 e. The molecule has 12 heavy (non-hydrogen) atoms. The summed E-state index contributed by atoms with van der Waals surface area (Å²) in [6, 6.07) is 2.08. The highest BCUT2D eigenvalue weighted by molar-refractivity contribution is 4.79. The van der Waals surface area contributed by atoms with Crippen molar-refractivity contribution in [2.45, 2.75) is 31.8 Å². The van der Waals surface area contributed by atoms with Crippen molar-refractivity contribution in [1.29, 1.82) is 5.26 Å². The Labute approximate surface area is 73.4 Å². The molecule has 1 aliphatic rings. The molecule has 0 amide bonds. The summed E-state index contributed by atoms with van der Waals surface area (Å²) in [4.78, 5) is 0. The third-order valence-corrected chi connectivity index (χ3v) is 2.44. The second-order valence-corrected chi connectivity index (χ2v) is 3.37. The Morgan fingerprint density at radius 2 is 2.33 bits per heavy atom. The average molecular weight is 168 g/mol. The van der Waals surface area contributed by atoms with Gasteiger partial charge in [0.05, 0.1) is 12.2 Å². The Morgan fingerprint density at radius 3 is 2.92 bits per heavy atom. The molecule has 0 aromatic rings. The number of rotatable bonds is 4. The van der Waals surface area contributed by atoms with Gasteiger partial charge in [-0.15, -0.1) is 0 Å². The lowest BCUT2D eigenvalue weighted by Crippen LogP contribution is -2.28. The molecular weight excluding hydrogens is 152 g/mol. The summed E-state index contributed by atoms with van der Waals surface area (Å²) >= 11 is 0. The van der Waals surface area contributed by atoms with Crippen molar-refractivity contribution < 1.29 is 5.11 Å². The SMILES string of the molecule is N#CCCNCC1CCCC1O. The van der Waals surface area contributed by atoms with Crippen molar-refractivity contribution >= 4 is 0 Å². The lowest BCUT2D eigenvalue weighted by atomic mass is 10.1. The van der Waals surface area contributed by atoms with Gasteiger partial charge in [0.2, 0.25) is 0 Å². The van der Waals surface area contributed by atoms with Crippen molar-refractivity contribution in [3.63, 3.8) is 0 Å². The van der Waals surface area contributed by atoms with E-state index in [9.17, 15) is 5.11 Å². The molecule has 1 rings (SSSR count). The maximum absolute atomic E-state index is 9.44. The zero-order valence-corrected chi connectivity index (χ0v) is 7.29. The molecule has 0 aliphatic heterocycles. The molecule has 0 spiro atoms. The predicted molar refractivity (Wildman–Crippen MR) is 46.4 cm³/mol. The summed E-state index contributed by atoms with van der Waals surface area (Å²) in [6.45, 7) is 1.61. The molecule has 0 saturated heterocycles. The molecular formula is C9H16N2O. The number of hydrogen-bond acceptors (Lipinski definition) is 3. The van der Waals surface area contributed by atoms with Gasteiger partial charge in [0.25, 0.3) is 0 Å². The third-order valence-electron chi connectivity index (χ3n) is 2.44. The highest BCUT2D eigenvalue weighted by Gasteiger charge is 2.24. The number of aliphatic hydroxyl groups excluding tert-OH is 1. The van der Waals surface area contributed by atoms with E-state index < -0.39 is 0 Å². The summed E-state index contributed by atoms with van der Waals surface area (Å²) in [5, 5.41) is 20.9. The predicted octanol–water partition coefficient (Wildman–Crippen LogP) is 0.651. The number of hydrogen-bond donors (Lipinski definition) is 2. The van der Waals surface area contributed by atoms with Crippen LogP contribution in [0.2, 0.25) is 0 Å². The smallest absolute Gasteiger partial charge is 0.0635 e. The van der Waals surface area contributed by atoms with Crippen molar-refractivity contribution in [1.82, 2.24) is 5.32 Å². The minimum absolute atomic E-state index is 0.111. The van der Waals surface area contributed by atoms with Gasteiger partial charge in [0, 0.05) is 19.5 Å². The molecule has 2 unspecified atom stereocenters. The van der Waals surface area contributed by atoms with Crippen molar-refractivity contribution in [3.8, 4) is 6.07 Å². The quantitative estimate of drug-likeness (QED) is 0.606. The standard InChI is InChI=1S/C9H16N2O/c10-5-2-6-11-7-8-3-1-4-9(8)12/h8-9,11-12H,1-4,6-7H2. The van der Waals surface area contributed by atoms with Crippen LogP contribution in [0.1, 0.15) is 25.7 Å². The van der Waals surface area contributed by atoms with E-state index in [1.165, 1.54) is 0 Å². The van der Waals surface area contributed by atoms with Crippen LogP contribution in [0.5, 0.6) is 0 Å². The Balaban J connectivity index is 2.03. The van der Waals surface area contributed by atoms with Gasteiger partial charge >= 0.3 is 0 Å². The second kappa shape index (κ2) is 5.13. The van der Waals surface area contributed by atoms with Crippen molar-refractivity contribution in [2.24, 2.45) is 5.92 Å². The van der Waals surface area contributed by atoms with Crippen LogP contribution < -0.4 is 5.32 Å². The van der Waals surface area contributed by atoms with Crippen LogP contribution >= 0.6 is 0 Å². The molecule has 3 heteroatoms. The summed E-state index contributed by atoms with van der Waals surface area (Å²) < 4.78 is 0. The molecule has 2 atom stereocenters. The molecule has 1 aliphatic carbocycles. The van der Waals surface area contributed by atoms with Crippen molar-refractivity contribution in [3.05, 3.63) is 0 Å². The van der Waals surface area contributed by atoms with Gasteiger partial charge in [0.15, 0.2) is 0 Å². The highest BCUT2D eigenvalue weighted by Crippen LogP contribution is 2.24. The lowest BCUT2D eigenvalue weighted by molar-refractivity contribution is 0.132. The first-order valence-corrected chi connectivity index (χ1v) is 4.60. The van der Waals surface area contributed by atoms with E-state index in [4.69, 9.17) is 5.26 Å². The molecule has 0 bridgehead atoms. The van der Waals surface area contributed by atoms with Gasteiger partial charge in [-0.05, 0) is 18.8 Å². The summed E-state index contributed by atoms with van der Waals surface area (Å²) in [6.07, 6.45) is 3.67. The number of nitrogens with one attached hydrogen (secondary N) is 1. The van der Waals surface area contributed by atoms with Crippen molar-refractivity contribution in [2.75, 3.05) is 13.1 Å². The van der Waals surface area contributed by atoms with Gasteiger partial charge in [-0.2, -0.15) is 5.26 Å². The molecule has 1 saturated carbocycles. The summed E-state index contributed by atoms with van der Waals surface area (Å²) in [7, 11) is 0. The monoisotopic (exact) mass is 168 g/mol. The van der Waals surface area contributed by atoms with Gasteiger partial charge in [0.1, 0.15) is 0 Å². The van der Waals surface area contributed by atoms with Gasteiger partial charge in [-0.25, -0.2) is 0 Å². The van der Waals surface area contributed by atoms with E-state index in [1.54, 1.807) is 0 Å². The van der Waals surface area contributed by atoms with E-state index in [1.807, 2.05) is 0 Å². The maximum atomic E-state index is 9.44. The Kier molecular flexibility index (Phi) is 4.06. The molecule has 0 aromatic carbocycles. The van der Waals surface area contributed by atoms with Crippen LogP contribution in [-0.4, -0.2) is 24.3 Å².